The van der Waals surface area contributed by atoms with E-state index in [1.807, 2.05) is 4.90 Å². The highest BCUT2D eigenvalue weighted by molar-refractivity contribution is 5.76. The Bertz CT molecular complexity index is 293. The van der Waals surface area contributed by atoms with Gasteiger partial charge < -0.3 is 10.0 Å². The fraction of sp³-hybridized carbons (Fsp3) is 0.800. The summed E-state index contributed by atoms with van der Waals surface area (Å²) in [6, 6.07) is 0.235. The van der Waals surface area contributed by atoms with Crippen molar-refractivity contribution < 1.29 is 9.90 Å². The van der Waals surface area contributed by atoms with Crippen molar-refractivity contribution in [2.45, 2.75) is 70.4 Å². The van der Waals surface area contributed by atoms with Gasteiger partial charge >= 0.3 is 0 Å². The quantitative estimate of drug-likeness (QED) is 0.581. The third kappa shape index (κ3) is 5.10. The van der Waals surface area contributed by atoms with E-state index >= 15 is 0 Å². The van der Waals surface area contributed by atoms with Crippen molar-refractivity contribution in [3.63, 3.8) is 0 Å². The molecule has 1 heterocycles. The molecule has 1 aliphatic rings. The number of aliphatic hydroxyl groups is 1. The molecule has 0 bridgehead atoms. The normalized spacial score (nSPS) is 21.4. The summed E-state index contributed by atoms with van der Waals surface area (Å²) in [6.45, 7) is 2.65. The van der Waals surface area contributed by atoms with Gasteiger partial charge in [-0.1, -0.05) is 0 Å². The Morgan fingerprint density at radius 1 is 1.50 bits per heavy atom. The molecule has 1 aliphatic heterocycles. The molecule has 0 aliphatic carbocycles. The van der Waals surface area contributed by atoms with E-state index in [1.54, 1.807) is 6.92 Å². The summed E-state index contributed by atoms with van der Waals surface area (Å²) in [5, 5.41) is 9.49. The Kier molecular flexibility index (Phi) is 6.82. The molecule has 3 heteroatoms. The molecule has 18 heavy (non-hydrogen) atoms. The van der Waals surface area contributed by atoms with Crippen LogP contribution in [0.5, 0.6) is 0 Å². The van der Waals surface area contributed by atoms with Crippen LogP contribution < -0.4 is 0 Å². The molecule has 2 unspecified atom stereocenters. The number of hydrogen-bond acceptors (Lipinski definition) is 2. The summed E-state index contributed by atoms with van der Waals surface area (Å²) < 4.78 is 0. The molecule has 0 radical (unpaired) electrons. The molecule has 2 atom stereocenters. The minimum atomic E-state index is -0.329. The monoisotopic (exact) mass is 251 g/mol. The van der Waals surface area contributed by atoms with Gasteiger partial charge in [-0.25, -0.2) is 0 Å². The van der Waals surface area contributed by atoms with Gasteiger partial charge in [0.05, 0.1) is 6.10 Å². The number of nitrogens with zero attached hydrogens (tertiary/aromatic N) is 1. The number of likely N-dealkylation sites (tertiary alicyclic amines) is 1. The molecule has 0 spiro atoms. The third-order valence-corrected chi connectivity index (χ3v) is 3.52. The van der Waals surface area contributed by atoms with E-state index in [4.69, 9.17) is 6.42 Å². The molecule has 0 aromatic rings. The number of terminal acetylenes is 1. The molecule has 0 aromatic carbocycles. The van der Waals surface area contributed by atoms with Crippen LogP contribution in [0.15, 0.2) is 0 Å². The lowest BCUT2D eigenvalue weighted by molar-refractivity contribution is -0.135. The maximum atomic E-state index is 12.1. The molecule has 1 saturated heterocycles. The van der Waals surface area contributed by atoms with Crippen LogP contribution >= 0.6 is 0 Å². The van der Waals surface area contributed by atoms with Crippen molar-refractivity contribution in [3.8, 4) is 12.3 Å². The van der Waals surface area contributed by atoms with Gasteiger partial charge in [-0.2, -0.15) is 0 Å². The minimum absolute atomic E-state index is 0.234. The minimum Gasteiger partial charge on any atom is -0.393 e. The Morgan fingerprint density at radius 2 is 2.28 bits per heavy atom. The Labute approximate surface area is 111 Å². The fourth-order valence-corrected chi connectivity index (χ4v) is 2.61. The highest BCUT2D eigenvalue weighted by atomic mass is 16.3. The van der Waals surface area contributed by atoms with Crippen LogP contribution in [0.3, 0.4) is 0 Å². The number of hydrogen-bond donors (Lipinski definition) is 1. The molecular weight excluding hydrogens is 226 g/mol. The van der Waals surface area contributed by atoms with Gasteiger partial charge in [0.15, 0.2) is 0 Å². The van der Waals surface area contributed by atoms with Gasteiger partial charge in [0, 0.05) is 25.4 Å². The predicted molar refractivity (Wildman–Crippen MR) is 73.0 cm³/mol. The van der Waals surface area contributed by atoms with Gasteiger partial charge in [-0.05, 0) is 45.4 Å². The summed E-state index contributed by atoms with van der Waals surface area (Å²) in [5.74, 6) is 2.83. The van der Waals surface area contributed by atoms with Crippen molar-refractivity contribution in [3.05, 3.63) is 0 Å². The Balaban J connectivity index is 2.39. The second kappa shape index (κ2) is 8.16. The number of amides is 1. The Hall–Kier alpha value is -1.01. The van der Waals surface area contributed by atoms with E-state index in [1.165, 1.54) is 0 Å². The molecule has 102 valence electrons. The zero-order valence-electron chi connectivity index (χ0n) is 11.4. The number of aliphatic hydroxyl groups excluding tert-OH is 1. The van der Waals surface area contributed by atoms with Crippen LogP contribution in [-0.4, -0.2) is 34.6 Å². The number of piperidine rings is 1. The van der Waals surface area contributed by atoms with Crippen LogP contribution in [0.25, 0.3) is 0 Å². The summed E-state index contributed by atoms with van der Waals surface area (Å²) in [4.78, 5) is 14.1. The number of unbranched alkanes of at least 4 members (excludes halogenated alkanes) is 2. The van der Waals surface area contributed by atoms with Gasteiger partial charge in [0.25, 0.3) is 0 Å². The first-order valence-corrected chi connectivity index (χ1v) is 7.06. The molecule has 1 N–H and O–H groups in total. The van der Waals surface area contributed by atoms with E-state index in [0.717, 1.165) is 45.1 Å². The standard InChI is InChI=1S/C15H25NO2/c1-3-4-5-6-10-15(18)16-11-8-7-9-14(16)12-13(2)17/h1,13-14,17H,4-12H2,2H3. The molecule has 1 fully saturated rings. The highest BCUT2D eigenvalue weighted by Crippen LogP contribution is 2.22. The van der Waals surface area contributed by atoms with Crippen molar-refractivity contribution >= 4 is 5.91 Å². The predicted octanol–water partition coefficient (Wildman–Crippen LogP) is 2.33. The van der Waals surface area contributed by atoms with Gasteiger partial charge in [-0.15, -0.1) is 12.3 Å². The topological polar surface area (TPSA) is 40.5 Å². The fourth-order valence-electron chi connectivity index (χ4n) is 2.61. The van der Waals surface area contributed by atoms with Crippen molar-refractivity contribution in [1.29, 1.82) is 0 Å². The van der Waals surface area contributed by atoms with E-state index in [-0.39, 0.29) is 18.1 Å². The summed E-state index contributed by atoms with van der Waals surface area (Å²) >= 11 is 0. The number of carbonyl (C=O) groups is 1. The zero-order chi connectivity index (χ0) is 13.4. The maximum absolute atomic E-state index is 12.1. The number of carbonyl (C=O) groups excluding carboxylic acids is 1. The first kappa shape index (κ1) is 15.0. The van der Waals surface area contributed by atoms with E-state index in [0.29, 0.717) is 12.8 Å². The van der Waals surface area contributed by atoms with E-state index in [2.05, 4.69) is 5.92 Å². The van der Waals surface area contributed by atoms with Crippen LogP contribution in [0.2, 0.25) is 0 Å². The second-order valence-electron chi connectivity index (χ2n) is 5.23. The lowest BCUT2D eigenvalue weighted by Gasteiger charge is -2.36. The largest absolute Gasteiger partial charge is 0.393 e. The average molecular weight is 251 g/mol. The molecule has 0 saturated carbocycles. The highest BCUT2D eigenvalue weighted by Gasteiger charge is 2.26. The smallest absolute Gasteiger partial charge is 0.222 e. The van der Waals surface area contributed by atoms with Crippen molar-refractivity contribution in [2.24, 2.45) is 0 Å². The van der Waals surface area contributed by atoms with Crippen LogP contribution in [-0.2, 0) is 4.79 Å². The van der Waals surface area contributed by atoms with Crippen LogP contribution in [0.4, 0.5) is 0 Å². The average Bonchev–Trinajstić information content (AvgIpc) is 2.34. The Morgan fingerprint density at radius 3 is 2.94 bits per heavy atom. The lowest BCUT2D eigenvalue weighted by Crippen LogP contribution is -2.44. The first-order valence-electron chi connectivity index (χ1n) is 7.06. The van der Waals surface area contributed by atoms with Gasteiger partial charge in [0.2, 0.25) is 5.91 Å². The van der Waals surface area contributed by atoms with Gasteiger partial charge in [0.1, 0.15) is 0 Å². The molecule has 1 rings (SSSR count). The second-order valence-corrected chi connectivity index (χ2v) is 5.23. The molecular formula is C15H25NO2. The maximum Gasteiger partial charge on any atom is 0.222 e. The van der Waals surface area contributed by atoms with E-state index < -0.39 is 0 Å². The number of rotatable bonds is 6. The summed E-state index contributed by atoms with van der Waals surface area (Å²) in [7, 11) is 0. The molecule has 0 aromatic heterocycles. The van der Waals surface area contributed by atoms with Crippen molar-refractivity contribution in [1.82, 2.24) is 4.90 Å². The van der Waals surface area contributed by atoms with Gasteiger partial charge in [-0.3, -0.25) is 4.79 Å². The van der Waals surface area contributed by atoms with Crippen molar-refractivity contribution in [2.75, 3.05) is 6.54 Å². The zero-order valence-corrected chi connectivity index (χ0v) is 11.4. The van der Waals surface area contributed by atoms with E-state index in [9.17, 15) is 9.90 Å². The summed E-state index contributed by atoms with van der Waals surface area (Å²) in [5.41, 5.74) is 0. The third-order valence-electron chi connectivity index (χ3n) is 3.52. The molecule has 1 amide bonds. The summed E-state index contributed by atoms with van der Waals surface area (Å²) in [6.07, 6.45) is 12.0. The lowest BCUT2D eigenvalue weighted by atomic mass is 9.96. The SMILES string of the molecule is C#CCCCCC(=O)N1CCCCC1CC(C)O. The molecule has 3 nitrogen and oxygen atoms in total. The first-order chi connectivity index (χ1) is 8.65. The van der Waals surface area contributed by atoms with Crippen LogP contribution in [0.1, 0.15) is 58.3 Å². The van der Waals surface area contributed by atoms with Crippen LogP contribution in [0, 0.1) is 12.3 Å².